The smallest absolute Gasteiger partial charge is 0.253 e. The van der Waals surface area contributed by atoms with E-state index in [2.05, 4.69) is 22.2 Å². The number of likely N-dealkylation sites (N-methyl/N-ethyl adjacent to an activating group) is 1. The average molecular weight is 348 g/mol. The van der Waals surface area contributed by atoms with Gasteiger partial charge in [-0.05, 0) is 37.7 Å². The van der Waals surface area contributed by atoms with Gasteiger partial charge in [-0.3, -0.25) is 4.79 Å². The van der Waals surface area contributed by atoms with Crippen molar-refractivity contribution in [2.75, 3.05) is 26.7 Å². The molecule has 3 rings (SSSR count). The topological polar surface area (TPSA) is 57.4 Å². The summed E-state index contributed by atoms with van der Waals surface area (Å²) in [6.45, 7) is 4.20. The molecule has 0 spiro atoms. The molecule has 2 unspecified atom stereocenters. The van der Waals surface area contributed by atoms with Gasteiger partial charge in [-0.25, -0.2) is 0 Å². The molecule has 1 amide bonds. The molecule has 2 aromatic rings. The first-order valence-corrected chi connectivity index (χ1v) is 8.43. The van der Waals surface area contributed by atoms with Crippen LogP contribution in [0.1, 0.15) is 27.7 Å². The van der Waals surface area contributed by atoms with Crippen molar-refractivity contribution in [1.29, 1.82) is 0 Å². The Balaban J connectivity index is 1.85. The minimum atomic E-state index is -0.230. The van der Waals surface area contributed by atoms with Crippen LogP contribution in [0.15, 0.2) is 36.5 Å². The lowest BCUT2D eigenvalue weighted by Crippen LogP contribution is -2.48. The summed E-state index contributed by atoms with van der Waals surface area (Å²) in [5.74, 6) is -0.106. The Labute approximate surface area is 146 Å². The highest BCUT2D eigenvalue weighted by Crippen LogP contribution is 2.24. The van der Waals surface area contributed by atoms with Crippen LogP contribution in [0.5, 0.6) is 0 Å². The molecule has 0 bridgehead atoms. The zero-order chi connectivity index (χ0) is 17.1. The van der Waals surface area contributed by atoms with Gasteiger partial charge in [0.25, 0.3) is 5.91 Å². The fourth-order valence-corrected chi connectivity index (χ4v) is 3.12. The molecule has 5 nitrogen and oxygen atoms in total. The normalized spacial score (nSPS) is 19.9. The summed E-state index contributed by atoms with van der Waals surface area (Å²) in [6.07, 6.45) is 1.67. The predicted octanol–water partition coefficient (Wildman–Crippen LogP) is 2.78. The fourth-order valence-electron chi connectivity index (χ4n) is 2.99. The van der Waals surface area contributed by atoms with Crippen molar-refractivity contribution in [3.63, 3.8) is 0 Å². The van der Waals surface area contributed by atoms with E-state index in [4.69, 9.17) is 16.3 Å². The van der Waals surface area contributed by atoms with Crippen LogP contribution in [0.3, 0.4) is 0 Å². The third-order valence-electron chi connectivity index (χ3n) is 4.38. The lowest BCUT2D eigenvalue weighted by Gasteiger charge is -2.35. The number of nitrogens with zero attached hydrogens (tertiary/aromatic N) is 1. The Morgan fingerprint density at radius 3 is 2.75 bits per heavy atom. The lowest BCUT2D eigenvalue weighted by atomic mass is 9.99. The molecule has 128 valence electrons. The number of hydrogen-bond donors (Lipinski definition) is 2. The van der Waals surface area contributed by atoms with E-state index in [1.807, 2.05) is 31.2 Å². The molecule has 1 fully saturated rings. The second-order valence-electron chi connectivity index (χ2n) is 6.19. The lowest BCUT2D eigenvalue weighted by molar-refractivity contribution is -0.0380. The number of halogens is 1. The fraction of sp³-hybridized carbons (Fsp3) is 0.389. The summed E-state index contributed by atoms with van der Waals surface area (Å²) in [6, 6.07) is 9.11. The Morgan fingerprint density at radius 2 is 2.12 bits per heavy atom. The average Bonchev–Trinajstić information content (AvgIpc) is 2.99. The molecule has 1 aromatic heterocycles. The number of aromatic nitrogens is 1. The Bertz CT molecular complexity index is 699. The monoisotopic (exact) mass is 347 g/mol. The number of ether oxygens (including phenoxy) is 1. The molecule has 1 aliphatic heterocycles. The highest BCUT2D eigenvalue weighted by Gasteiger charge is 2.30. The molecule has 1 aromatic carbocycles. The van der Waals surface area contributed by atoms with Gasteiger partial charge in [0.1, 0.15) is 0 Å². The van der Waals surface area contributed by atoms with Gasteiger partial charge in [0.15, 0.2) is 0 Å². The molecule has 0 aliphatic carbocycles. The number of carbonyl (C=O) groups is 1. The number of carbonyl (C=O) groups excluding carboxylic acids is 1. The number of nitrogens with one attached hydrogen (secondary N) is 2. The van der Waals surface area contributed by atoms with Crippen molar-refractivity contribution in [2.45, 2.75) is 19.1 Å². The van der Waals surface area contributed by atoms with Crippen molar-refractivity contribution in [2.24, 2.45) is 0 Å². The van der Waals surface area contributed by atoms with Crippen LogP contribution >= 0.6 is 11.6 Å². The summed E-state index contributed by atoms with van der Waals surface area (Å²) in [5.41, 5.74) is 2.49. The molecular weight excluding hydrogens is 326 g/mol. The van der Waals surface area contributed by atoms with Gasteiger partial charge in [-0.15, -0.1) is 0 Å². The molecular formula is C18H22ClN3O2. The SMILES string of the molecule is Cc1[nH]ccc1C(=O)NC(c1ccc(Cl)cc1)C1CN(C)CCO1. The van der Waals surface area contributed by atoms with E-state index in [1.54, 1.807) is 12.3 Å². The third-order valence-corrected chi connectivity index (χ3v) is 4.63. The summed E-state index contributed by atoms with van der Waals surface area (Å²) in [7, 11) is 2.06. The Kier molecular flexibility index (Phi) is 5.23. The predicted molar refractivity (Wildman–Crippen MR) is 94.4 cm³/mol. The second kappa shape index (κ2) is 7.38. The summed E-state index contributed by atoms with van der Waals surface area (Å²) in [4.78, 5) is 17.9. The van der Waals surface area contributed by atoms with Gasteiger partial charge in [0, 0.05) is 30.0 Å². The zero-order valence-corrected chi connectivity index (χ0v) is 14.6. The maximum Gasteiger partial charge on any atom is 0.253 e. The van der Waals surface area contributed by atoms with Gasteiger partial charge in [-0.1, -0.05) is 23.7 Å². The first-order valence-electron chi connectivity index (χ1n) is 8.05. The van der Waals surface area contributed by atoms with Gasteiger partial charge in [0.2, 0.25) is 0 Å². The Morgan fingerprint density at radius 1 is 1.38 bits per heavy atom. The van der Waals surface area contributed by atoms with Crippen LogP contribution < -0.4 is 5.32 Å². The number of amides is 1. The summed E-state index contributed by atoms with van der Waals surface area (Å²) >= 11 is 6.00. The quantitative estimate of drug-likeness (QED) is 0.894. The molecule has 1 aliphatic rings. The van der Waals surface area contributed by atoms with Crippen LogP contribution in [-0.4, -0.2) is 48.6 Å². The van der Waals surface area contributed by atoms with Crippen LogP contribution in [0.25, 0.3) is 0 Å². The van der Waals surface area contributed by atoms with Crippen molar-refractivity contribution in [1.82, 2.24) is 15.2 Å². The maximum absolute atomic E-state index is 12.7. The minimum absolute atomic E-state index is 0.104. The maximum atomic E-state index is 12.7. The van der Waals surface area contributed by atoms with E-state index in [9.17, 15) is 4.79 Å². The van der Waals surface area contributed by atoms with Crippen molar-refractivity contribution in [3.05, 3.63) is 58.4 Å². The van der Waals surface area contributed by atoms with E-state index in [1.165, 1.54) is 0 Å². The molecule has 24 heavy (non-hydrogen) atoms. The molecule has 2 atom stereocenters. The van der Waals surface area contributed by atoms with Crippen LogP contribution in [0, 0.1) is 6.92 Å². The minimum Gasteiger partial charge on any atom is -0.373 e. The van der Waals surface area contributed by atoms with E-state index >= 15 is 0 Å². The van der Waals surface area contributed by atoms with Crippen molar-refractivity contribution in [3.8, 4) is 0 Å². The van der Waals surface area contributed by atoms with Gasteiger partial charge < -0.3 is 19.9 Å². The second-order valence-corrected chi connectivity index (χ2v) is 6.63. The molecule has 2 N–H and O–H groups in total. The number of H-pyrrole nitrogens is 1. The van der Waals surface area contributed by atoms with Crippen LogP contribution in [-0.2, 0) is 4.74 Å². The molecule has 6 heteroatoms. The number of morpholine rings is 1. The number of hydrogen-bond acceptors (Lipinski definition) is 3. The van der Waals surface area contributed by atoms with Gasteiger partial charge in [0.05, 0.1) is 24.3 Å². The van der Waals surface area contributed by atoms with Crippen molar-refractivity contribution < 1.29 is 9.53 Å². The van der Waals surface area contributed by atoms with E-state index in [-0.39, 0.29) is 18.1 Å². The van der Waals surface area contributed by atoms with Crippen molar-refractivity contribution >= 4 is 17.5 Å². The first kappa shape index (κ1) is 17.0. The molecule has 2 heterocycles. The van der Waals surface area contributed by atoms with Gasteiger partial charge in [-0.2, -0.15) is 0 Å². The van der Waals surface area contributed by atoms with Gasteiger partial charge >= 0.3 is 0 Å². The first-order chi connectivity index (χ1) is 11.5. The van der Waals surface area contributed by atoms with Crippen LogP contribution in [0.2, 0.25) is 5.02 Å². The number of benzene rings is 1. The zero-order valence-electron chi connectivity index (χ0n) is 13.9. The third kappa shape index (κ3) is 3.80. The Hall–Kier alpha value is -1.82. The highest BCUT2D eigenvalue weighted by atomic mass is 35.5. The largest absolute Gasteiger partial charge is 0.373 e. The number of rotatable bonds is 4. The van der Waals surface area contributed by atoms with E-state index in [0.29, 0.717) is 17.2 Å². The number of aryl methyl sites for hydroxylation is 1. The van der Waals surface area contributed by atoms with Crippen LogP contribution in [0.4, 0.5) is 0 Å². The highest BCUT2D eigenvalue weighted by molar-refractivity contribution is 6.30. The van der Waals surface area contributed by atoms with E-state index < -0.39 is 0 Å². The standard InChI is InChI=1S/C18H22ClN3O2/c1-12-15(7-8-20-12)18(23)21-17(13-3-5-14(19)6-4-13)16-11-22(2)9-10-24-16/h3-8,16-17,20H,9-11H2,1-2H3,(H,21,23). The summed E-state index contributed by atoms with van der Waals surface area (Å²) in [5, 5.41) is 3.81. The number of aromatic amines is 1. The molecule has 0 radical (unpaired) electrons. The molecule has 1 saturated heterocycles. The van der Waals surface area contributed by atoms with E-state index in [0.717, 1.165) is 24.3 Å². The summed E-state index contributed by atoms with van der Waals surface area (Å²) < 4.78 is 5.95. The molecule has 0 saturated carbocycles.